The van der Waals surface area contributed by atoms with E-state index in [2.05, 4.69) is 70.2 Å². The molecule has 6 aromatic rings. The van der Waals surface area contributed by atoms with Crippen molar-refractivity contribution in [2.45, 2.75) is 27.7 Å². The van der Waals surface area contributed by atoms with Crippen molar-refractivity contribution in [2.75, 3.05) is 7.11 Å². The van der Waals surface area contributed by atoms with Gasteiger partial charge in [-0.05, 0) is 108 Å². The van der Waals surface area contributed by atoms with Crippen LogP contribution in [0.2, 0.25) is 0 Å². The van der Waals surface area contributed by atoms with Crippen molar-refractivity contribution < 1.29 is 9.53 Å². The minimum atomic E-state index is -0.395. The van der Waals surface area contributed by atoms with Crippen LogP contribution in [-0.2, 0) is 23.6 Å². The smallest absolute Gasteiger partial charge is 0.330 e. The molecule has 0 aliphatic rings. The average Bonchev–Trinajstić information content (AvgIpc) is 3.47. The van der Waals surface area contributed by atoms with E-state index >= 15 is 0 Å². The van der Waals surface area contributed by atoms with Crippen LogP contribution >= 0.6 is 22.6 Å². The number of ether oxygens (including phenoxy) is 1. The van der Waals surface area contributed by atoms with E-state index in [9.17, 15) is 4.79 Å². The molecule has 11 heteroatoms. The predicted molar refractivity (Wildman–Crippen MR) is 176 cm³/mol. The number of esters is 1. The predicted octanol–water partition coefficient (Wildman–Crippen LogP) is 6.09. The van der Waals surface area contributed by atoms with Crippen LogP contribution < -0.4 is 0 Å². The van der Waals surface area contributed by atoms with E-state index in [1.165, 1.54) is 13.2 Å². The maximum atomic E-state index is 11.2. The molecule has 0 aliphatic carbocycles. The second-order valence-corrected chi connectivity index (χ2v) is 11.6. The lowest BCUT2D eigenvalue weighted by Crippen LogP contribution is -1.98. The maximum absolute atomic E-state index is 11.2. The number of carbonyl (C=O) groups excluding carboxylic acids is 1. The molecule has 0 amide bonds. The summed E-state index contributed by atoms with van der Waals surface area (Å²) < 4.78 is 9.65. The van der Waals surface area contributed by atoms with Crippen LogP contribution in [0.25, 0.3) is 51.4 Å². The summed E-state index contributed by atoms with van der Waals surface area (Å²) in [7, 11) is 5.26. The van der Waals surface area contributed by atoms with Crippen molar-refractivity contribution in [1.82, 2.24) is 39.0 Å². The van der Waals surface area contributed by atoms with E-state index in [1.54, 1.807) is 12.3 Å². The van der Waals surface area contributed by atoms with E-state index < -0.39 is 5.97 Å². The first kappa shape index (κ1) is 30.0. The molecule has 218 valence electrons. The Morgan fingerprint density at radius 3 is 1.74 bits per heavy atom. The van der Waals surface area contributed by atoms with Crippen molar-refractivity contribution in [2.24, 2.45) is 14.1 Å². The number of nitrogens with zero attached hydrogens (tertiary/aromatic N) is 8. The number of pyridine rings is 4. The van der Waals surface area contributed by atoms with Gasteiger partial charge in [0.05, 0.1) is 7.11 Å². The summed E-state index contributed by atoms with van der Waals surface area (Å²) in [6.07, 6.45) is 10.3. The summed E-state index contributed by atoms with van der Waals surface area (Å²) in [6.45, 7) is 8.04. The lowest BCUT2D eigenvalue weighted by atomic mass is 10.1. The van der Waals surface area contributed by atoms with Gasteiger partial charge >= 0.3 is 5.97 Å². The minimum Gasteiger partial charge on any atom is -0.466 e. The quantitative estimate of drug-likeness (QED) is 0.125. The maximum Gasteiger partial charge on any atom is 0.330 e. The standard InChI is InChI=1S/C18H18N4O2.C14H13IN4/c1-11-7-14-17(20-9-11)22(3)18(21-14)16-12(2)8-13(10-19-16)5-6-15(23)24-4;1-8-4-11-13(17-6-8)19(3)14(18-11)12-9(2)5-10(15)7-16-12/h5-10H,1-4H3;4-7H,1-3H3/b6-5+;. The molecule has 0 saturated heterocycles. The van der Waals surface area contributed by atoms with Gasteiger partial charge < -0.3 is 13.9 Å². The third-order valence-corrected chi connectivity index (χ3v) is 7.46. The number of hydrogen-bond acceptors (Lipinski definition) is 8. The fourth-order valence-electron chi connectivity index (χ4n) is 4.71. The third-order valence-electron chi connectivity index (χ3n) is 6.87. The van der Waals surface area contributed by atoms with Gasteiger partial charge in [-0.25, -0.2) is 24.7 Å². The van der Waals surface area contributed by atoms with Gasteiger partial charge in [0.15, 0.2) is 22.9 Å². The van der Waals surface area contributed by atoms with Crippen LogP contribution in [0.4, 0.5) is 0 Å². The number of rotatable bonds is 4. The Balaban J connectivity index is 0.000000176. The number of fused-ring (bicyclic) bond motifs is 2. The highest BCUT2D eigenvalue weighted by molar-refractivity contribution is 14.1. The summed E-state index contributed by atoms with van der Waals surface area (Å²) in [6, 6.07) is 8.13. The number of halogens is 1. The van der Waals surface area contributed by atoms with E-state index in [0.717, 1.165) is 76.8 Å². The van der Waals surface area contributed by atoms with Gasteiger partial charge in [0.1, 0.15) is 22.4 Å². The third kappa shape index (κ3) is 6.31. The highest BCUT2D eigenvalue weighted by Gasteiger charge is 2.15. The topological polar surface area (TPSA) is 114 Å². The van der Waals surface area contributed by atoms with Gasteiger partial charge in [-0.1, -0.05) is 0 Å². The molecule has 43 heavy (non-hydrogen) atoms. The number of hydrogen-bond donors (Lipinski definition) is 0. The molecule has 6 rings (SSSR count). The Morgan fingerprint density at radius 2 is 1.26 bits per heavy atom. The zero-order valence-corrected chi connectivity index (χ0v) is 27.2. The van der Waals surface area contributed by atoms with Gasteiger partial charge in [0.25, 0.3) is 0 Å². The number of methoxy groups -OCH3 is 1. The minimum absolute atomic E-state index is 0.395. The molecule has 0 unspecified atom stereocenters. The molecule has 0 fully saturated rings. The molecule has 0 aromatic carbocycles. The van der Waals surface area contributed by atoms with Crippen LogP contribution in [0.3, 0.4) is 0 Å². The molecular weight excluding hydrogens is 655 g/mol. The molecule has 0 spiro atoms. The Labute approximate surface area is 263 Å². The Kier molecular flexibility index (Phi) is 8.62. The molecule has 0 N–H and O–H groups in total. The Hall–Kier alpha value is -4.52. The SMILES string of the molecule is COC(=O)/C=C/c1cnc(-c2nc3cc(C)cnc3n2C)c(C)c1.Cc1cnc2c(c1)nc(-c1ncc(I)cc1C)n2C. The van der Waals surface area contributed by atoms with Crippen molar-refractivity contribution in [1.29, 1.82) is 0 Å². The highest BCUT2D eigenvalue weighted by Crippen LogP contribution is 2.26. The Morgan fingerprint density at radius 1 is 0.744 bits per heavy atom. The summed E-state index contributed by atoms with van der Waals surface area (Å²) in [5, 5.41) is 0. The fourth-order valence-corrected chi connectivity index (χ4v) is 5.31. The largest absolute Gasteiger partial charge is 0.466 e. The average molecular weight is 687 g/mol. The van der Waals surface area contributed by atoms with Crippen LogP contribution in [0.5, 0.6) is 0 Å². The monoisotopic (exact) mass is 686 g/mol. The van der Waals surface area contributed by atoms with E-state index in [1.807, 2.05) is 80.8 Å². The number of aryl methyl sites for hydroxylation is 6. The molecule has 0 saturated carbocycles. The van der Waals surface area contributed by atoms with E-state index in [-0.39, 0.29) is 0 Å². The normalized spacial score (nSPS) is 11.3. The summed E-state index contributed by atoms with van der Waals surface area (Å²) in [5.74, 6) is 1.24. The molecule has 0 aliphatic heterocycles. The first-order valence-electron chi connectivity index (χ1n) is 13.5. The molecule has 6 aromatic heterocycles. The van der Waals surface area contributed by atoms with Crippen molar-refractivity contribution in [3.8, 4) is 23.0 Å². The summed E-state index contributed by atoms with van der Waals surface area (Å²) >= 11 is 2.27. The second-order valence-electron chi connectivity index (χ2n) is 10.3. The first-order valence-corrected chi connectivity index (χ1v) is 14.6. The molecule has 0 atom stereocenters. The zero-order valence-electron chi connectivity index (χ0n) is 25.0. The van der Waals surface area contributed by atoms with E-state index in [0.29, 0.717) is 0 Å². The van der Waals surface area contributed by atoms with Crippen LogP contribution in [-0.4, -0.2) is 52.1 Å². The van der Waals surface area contributed by atoms with Crippen LogP contribution in [0.15, 0.2) is 55.1 Å². The van der Waals surface area contributed by atoms with Gasteiger partial charge in [0.2, 0.25) is 0 Å². The molecule has 0 bridgehead atoms. The fraction of sp³-hybridized carbons (Fsp3) is 0.219. The molecule has 6 heterocycles. The highest BCUT2D eigenvalue weighted by atomic mass is 127. The van der Waals surface area contributed by atoms with Gasteiger partial charge in [-0.2, -0.15) is 0 Å². The lowest BCUT2D eigenvalue weighted by molar-refractivity contribution is -0.134. The van der Waals surface area contributed by atoms with Gasteiger partial charge in [-0.15, -0.1) is 0 Å². The summed E-state index contributed by atoms with van der Waals surface area (Å²) in [4.78, 5) is 38.4. The van der Waals surface area contributed by atoms with Crippen molar-refractivity contribution in [3.63, 3.8) is 0 Å². The Bertz CT molecular complexity index is 2030. The number of imidazole rings is 2. The first-order chi connectivity index (χ1) is 20.5. The lowest BCUT2D eigenvalue weighted by Gasteiger charge is -2.06. The van der Waals surface area contributed by atoms with Crippen LogP contribution in [0.1, 0.15) is 27.8 Å². The second kappa shape index (κ2) is 12.4. The van der Waals surface area contributed by atoms with Crippen molar-refractivity contribution >= 4 is 57.0 Å². The van der Waals surface area contributed by atoms with Gasteiger partial charge in [-0.3, -0.25) is 9.97 Å². The van der Waals surface area contributed by atoms with Gasteiger partial charge in [0, 0.05) is 48.5 Å². The number of aromatic nitrogens is 8. The molecule has 10 nitrogen and oxygen atoms in total. The number of carbonyl (C=O) groups is 1. The summed E-state index contributed by atoms with van der Waals surface area (Å²) in [5.41, 5.74) is 10.3. The van der Waals surface area contributed by atoms with Crippen molar-refractivity contribution in [3.05, 3.63) is 86.5 Å². The van der Waals surface area contributed by atoms with E-state index in [4.69, 9.17) is 0 Å². The molecule has 0 radical (unpaired) electrons. The van der Waals surface area contributed by atoms with Crippen LogP contribution in [0, 0.1) is 31.3 Å². The zero-order chi connectivity index (χ0) is 30.8. The molecular formula is C32H31IN8O2.